The van der Waals surface area contributed by atoms with E-state index < -0.39 is 17.0 Å². The van der Waals surface area contributed by atoms with Crippen molar-refractivity contribution in [2.45, 2.75) is 52.7 Å². The van der Waals surface area contributed by atoms with Crippen molar-refractivity contribution in [1.82, 2.24) is 9.13 Å². The van der Waals surface area contributed by atoms with Crippen LogP contribution in [0.25, 0.3) is 0 Å². The molecule has 0 atom stereocenters. The van der Waals surface area contributed by atoms with E-state index in [1.807, 2.05) is 39.8 Å². The number of anilines is 2. The molecule has 1 fully saturated rings. The minimum atomic E-state index is -0.680. The molecule has 3 aromatic rings. The Morgan fingerprint density at radius 1 is 1.03 bits per heavy atom. The molecule has 1 aliphatic rings. The number of nitrogens with one attached hydrogen (secondary N) is 1. The first kappa shape index (κ1) is 27.3. The highest BCUT2D eigenvalue weighted by molar-refractivity contribution is 6.32. The molecule has 8 nitrogen and oxygen atoms in total. The molecule has 1 N–H and O–H groups in total. The Labute approximate surface area is 225 Å². The number of halogens is 2. The third-order valence-electron chi connectivity index (χ3n) is 5.87. The van der Waals surface area contributed by atoms with Crippen molar-refractivity contribution in [2.24, 2.45) is 5.92 Å². The van der Waals surface area contributed by atoms with Crippen LogP contribution in [0, 0.1) is 5.92 Å². The lowest BCUT2D eigenvalue weighted by atomic mass is 10.1. The largest absolute Gasteiger partial charge is 0.489 e. The average molecular weight is 548 g/mol. The van der Waals surface area contributed by atoms with Gasteiger partial charge in [0, 0.05) is 29.2 Å². The van der Waals surface area contributed by atoms with Gasteiger partial charge in [-0.25, -0.2) is 4.79 Å². The molecule has 198 valence electrons. The number of rotatable bonds is 8. The normalized spacial score (nSPS) is 15.6. The summed E-state index contributed by atoms with van der Waals surface area (Å²) in [5.41, 5.74) is 0.597. The second-order valence-corrected chi connectivity index (χ2v) is 10.6. The molecular weight excluding hydrogens is 517 g/mol. The molecule has 0 amide bonds. The van der Waals surface area contributed by atoms with Gasteiger partial charge in [-0.2, -0.15) is 0 Å². The molecule has 0 unspecified atom stereocenters. The van der Waals surface area contributed by atoms with Gasteiger partial charge in [0.25, 0.3) is 5.56 Å². The van der Waals surface area contributed by atoms with Gasteiger partial charge in [0.2, 0.25) is 0 Å². The smallest absolute Gasteiger partial charge is 0.332 e. The summed E-state index contributed by atoms with van der Waals surface area (Å²) in [6.45, 7) is 8.69. The maximum absolute atomic E-state index is 13.6. The van der Waals surface area contributed by atoms with Crippen molar-refractivity contribution in [3.8, 4) is 5.75 Å². The summed E-state index contributed by atoms with van der Waals surface area (Å²) in [5, 5.41) is 4.19. The van der Waals surface area contributed by atoms with Crippen LogP contribution >= 0.6 is 23.2 Å². The summed E-state index contributed by atoms with van der Waals surface area (Å²) in [6, 6.07) is 13.8. The summed E-state index contributed by atoms with van der Waals surface area (Å²) in [4.78, 5) is 26.8. The van der Waals surface area contributed by atoms with E-state index >= 15 is 0 Å². The molecule has 0 bridgehead atoms. The Kier molecular flexibility index (Phi) is 8.33. The topological polar surface area (TPSA) is 83.7 Å². The predicted octanol–water partition coefficient (Wildman–Crippen LogP) is 5.30. The van der Waals surface area contributed by atoms with Crippen molar-refractivity contribution in [3.05, 3.63) is 85.0 Å². The molecule has 37 heavy (non-hydrogen) atoms. The molecule has 1 aliphatic heterocycles. The number of hydrogen-bond donors (Lipinski definition) is 1. The SMILES string of the molecule is CC(C)Oc1ccc(Nc2cc(=O)n(CC3COC(C)(C)OC3)c(=O)n2Cc2ccc(Cl)cc2)cc1Cl. The van der Waals surface area contributed by atoms with Gasteiger partial charge in [0.05, 0.1) is 30.9 Å². The molecule has 2 heterocycles. The molecule has 4 rings (SSSR count). The fourth-order valence-corrected chi connectivity index (χ4v) is 4.33. The van der Waals surface area contributed by atoms with Crippen LogP contribution in [-0.2, 0) is 22.6 Å². The second-order valence-electron chi connectivity index (χ2n) is 9.80. The Balaban J connectivity index is 1.68. The van der Waals surface area contributed by atoms with Crippen LogP contribution in [0.3, 0.4) is 0 Å². The van der Waals surface area contributed by atoms with Crippen molar-refractivity contribution >= 4 is 34.7 Å². The van der Waals surface area contributed by atoms with Crippen molar-refractivity contribution in [1.29, 1.82) is 0 Å². The first-order valence-electron chi connectivity index (χ1n) is 12.1. The Morgan fingerprint density at radius 3 is 2.32 bits per heavy atom. The molecule has 2 aromatic carbocycles. The lowest BCUT2D eigenvalue weighted by molar-refractivity contribution is -0.263. The average Bonchev–Trinajstić information content (AvgIpc) is 2.83. The molecular formula is C27H31Cl2N3O5. The molecule has 0 aliphatic carbocycles. The fourth-order valence-electron chi connectivity index (χ4n) is 3.98. The monoisotopic (exact) mass is 547 g/mol. The zero-order valence-corrected chi connectivity index (χ0v) is 22.8. The first-order valence-corrected chi connectivity index (χ1v) is 12.9. The number of ether oxygens (including phenoxy) is 3. The third-order valence-corrected chi connectivity index (χ3v) is 6.42. The van der Waals surface area contributed by atoms with Crippen LogP contribution in [0.15, 0.2) is 58.1 Å². The third kappa shape index (κ3) is 6.96. The zero-order chi connectivity index (χ0) is 26.7. The van der Waals surface area contributed by atoms with Crippen molar-refractivity contribution in [2.75, 3.05) is 18.5 Å². The van der Waals surface area contributed by atoms with E-state index in [4.69, 9.17) is 37.4 Å². The Hall–Kier alpha value is -2.78. The first-order chi connectivity index (χ1) is 17.5. The number of aromatic nitrogens is 2. The predicted molar refractivity (Wildman–Crippen MR) is 145 cm³/mol. The number of nitrogens with zero attached hydrogens (tertiary/aromatic N) is 2. The highest BCUT2D eigenvalue weighted by atomic mass is 35.5. The maximum atomic E-state index is 13.6. The molecule has 0 spiro atoms. The minimum absolute atomic E-state index is 0.0282. The lowest BCUT2D eigenvalue weighted by Crippen LogP contribution is -2.46. The Morgan fingerprint density at radius 2 is 1.70 bits per heavy atom. The van der Waals surface area contributed by atoms with E-state index in [1.54, 1.807) is 30.3 Å². The van der Waals surface area contributed by atoms with E-state index in [2.05, 4.69) is 5.32 Å². The molecule has 0 radical (unpaired) electrons. The van der Waals surface area contributed by atoms with E-state index in [9.17, 15) is 9.59 Å². The summed E-state index contributed by atoms with van der Waals surface area (Å²) in [5.74, 6) is 0.0815. The van der Waals surface area contributed by atoms with Gasteiger partial charge in [-0.15, -0.1) is 0 Å². The highest BCUT2D eigenvalue weighted by Gasteiger charge is 2.29. The van der Waals surface area contributed by atoms with Gasteiger partial charge in [-0.1, -0.05) is 35.3 Å². The van der Waals surface area contributed by atoms with Crippen LogP contribution in [-0.4, -0.2) is 34.2 Å². The van der Waals surface area contributed by atoms with Crippen LogP contribution in [0.4, 0.5) is 11.5 Å². The van der Waals surface area contributed by atoms with Crippen LogP contribution in [0.2, 0.25) is 10.0 Å². The van der Waals surface area contributed by atoms with Crippen LogP contribution < -0.4 is 21.3 Å². The van der Waals surface area contributed by atoms with Gasteiger partial charge < -0.3 is 19.5 Å². The van der Waals surface area contributed by atoms with E-state index in [1.165, 1.54) is 15.2 Å². The summed E-state index contributed by atoms with van der Waals surface area (Å²) in [6.07, 6.45) is -0.0282. The van der Waals surface area contributed by atoms with Crippen molar-refractivity contribution in [3.63, 3.8) is 0 Å². The minimum Gasteiger partial charge on any atom is -0.489 e. The quantitative estimate of drug-likeness (QED) is 0.412. The van der Waals surface area contributed by atoms with Gasteiger partial charge in [0.15, 0.2) is 5.79 Å². The van der Waals surface area contributed by atoms with Crippen LogP contribution in [0.5, 0.6) is 5.75 Å². The summed E-state index contributed by atoms with van der Waals surface area (Å²) >= 11 is 12.5. The van der Waals surface area contributed by atoms with Gasteiger partial charge in [-0.05, 0) is 63.6 Å². The van der Waals surface area contributed by atoms with Crippen LogP contribution in [0.1, 0.15) is 33.3 Å². The standard InChI is InChI=1S/C27H31Cl2N3O5/c1-17(2)37-23-10-9-21(11-22(23)29)30-24-12-25(33)32(14-19-15-35-27(3,4)36-16-19)26(34)31(24)13-18-5-7-20(28)8-6-18/h5-12,17,19,30H,13-16H2,1-4H3. The highest BCUT2D eigenvalue weighted by Crippen LogP contribution is 2.30. The maximum Gasteiger partial charge on any atom is 0.332 e. The number of benzene rings is 2. The van der Waals surface area contributed by atoms with E-state index in [0.717, 1.165) is 5.56 Å². The van der Waals surface area contributed by atoms with Gasteiger partial charge in [0.1, 0.15) is 11.6 Å². The van der Waals surface area contributed by atoms with Crippen molar-refractivity contribution < 1.29 is 14.2 Å². The second kappa shape index (κ2) is 11.3. The van der Waals surface area contributed by atoms with E-state index in [-0.39, 0.29) is 25.1 Å². The molecule has 1 aromatic heterocycles. The van der Waals surface area contributed by atoms with Gasteiger partial charge in [-0.3, -0.25) is 13.9 Å². The summed E-state index contributed by atoms with van der Waals surface area (Å²) < 4.78 is 19.9. The lowest BCUT2D eigenvalue weighted by Gasteiger charge is -2.35. The Bertz CT molecular complexity index is 1360. The molecule has 1 saturated heterocycles. The fraction of sp³-hybridized carbons (Fsp3) is 0.407. The molecule has 0 saturated carbocycles. The van der Waals surface area contributed by atoms with Gasteiger partial charge >= 0.3 is 5.69 Å². The number of hydrogen-bond acceptors (Lipinski definition) is 6. The zero-order valence-electron chi connectivity index (χ0n) is 21.3. The molecule has 10 heteroatoms. The summed E-state index contributed by atoms with van der Waals surface area (Å²) in [7, 11) is 0. The van der Waals surface area contributed by atoms with E-state index in [0.29, 0.717) is 40.5 Å².